The van der Waals surface area contributed by atoms with Gasteiger partial charge in [0.25, 0.3) is 0 Å². The lowest BCUT2D eigenvalue weighted by Crippen LogP contribution is -2.29. The molecule has 34 heavy (non-hydrogen) atoms. The van der Waals surface area contributed by atoms with Gasteiger partial charge in [0, 0.05) is 44.6 Å². The van der Waals surface area contributed by atoms with E-state index in [0.717, 1.165) is 10.9 Å². The summed E-state index contributed by atoms with van der Waals surface area (Å²) in [5.74, 6) is 0.434. The molecule has 0 saturated carbocycles. The average Bonchev–Trinajstić information content (AvgIpc) is 3.28. The van der Waals surface area contributed by atoms with Crippen molar-refractivity contribution in [1.82, 2.24) is 5.32 Å². The van der Waals surface area contributed by atoms with Crippen molar-refractivity contribution in [1.29, 1.82) is 0 Å². The SMILES string of the molecule is CCOc1ccc(C(=O)CCC(=O)NCC(CCOC)c2csc3c(F)cccc23)cc1OC. The maximum atomic E-state index is 14.1. The molecule has 0 radical (unpaired) electrons. The van der Waals surface area contributed by atoms with Crippen molar-refractivity contribution in [3.8, 4) is 11.5 Å². The van der Waals surface area contributed by atoms with E-state index in [1.54, 1.807) is 31.4 Å². The monoisotopic (exact) mass is 487 g/mol. The van der Waals surface area contributed by atoms with Gasteiger partial charge in [0.2, 0.25) is 5.91 Å². The minimum Gasteiger partial charge on any atom is -0.493 e. The predicted molar refractivity (Wildman–Crippen MR) is 132 cm³/mol. The number of hydrogen-bond acceptors (Lipinski definition) is 6. The second kappa shape index (κ2) is 12.5. The van der Waals surface area contributed by atoms with E-state index < -0.39 is 0 Å². The Bertz CT molecular complexity index is 1130. The fourth-order valence-corrected chi connectivity index (χ4v) is 4.86. The standard InChI is InChI=1S/C26H30FNO5S/c1-4-33-23-10-8-17(14-24(23)32-3)22(29)9-11-25(30)28-15-18(12-13-31-2)20-16-34-26-19(20)6-5-7-21(26)27/h5-8,10,14,16,18H,4,9,11-13,15H2,1-3H3,(H,28,30). The molecule has 0 aliphatic carbocycles. The van der Waals surface area contributed by atoms with E-state index >= 15 is 0 Å². The number of hydrogen-bond donors (Lipinski definition) is 1. The summed E-state index contributed by atoms with van der Waals surface area (Å²) in [6.07, 6.45) is 0.840. The molecule has 0 aliphatic rings. The van der Waals surface area contributed by atoms with Crippen molar-refractivity contribution in [3.05, 3.63) is 58.7 Å². The molecule has 6 nitrogen and oxygen atoms in total. The molecule has 0 spiro atoms. The number of carbonyl (C=O) groups is 2. The summed E-state index contributed by atoms with van der Waals surface area (Å²) < 4.78 is 30.7. The van der Waals surface area contributed by atoms with Gasteiger partial charge in [-0.1, -0.05) is 12.1 Å². The molecule has 3 rings (SSSR count). The zero-order valence-corrected chi connectivity index (χ0v) is 20.5. The Hall–Kier alpha value is -2.97. The van der Waals surface area contributed by atoms with E-state index in [9.17, 15) is 14.0 Å². The molecule has 182 valence electrons. The molecule has 3 aromatic rings. The van der Waals surface area contributed by atoms with Crippen molar-refractivity contribution in [2.45, 2.75) is 32.1 Å². The molecule has 1 N–H and O–H groups in total. The summed E-state index contributed by atoms with van der Waals surface area (Å²) in [4.78, 5) is 25.1. The maximum Gasteiger partial charge on any atom is 0.220 e. The summed E-state index contributed by atoms with van der Waals surface area (Å²) >= 11 is 1.36. The Morgan fingerprint density at radius 3 is 2.68 bits per heavy atom. The van der Waals surface area contributed by atoms with Crippen LogP contribution in [0.5, 0.6) is 11.5 Å². The Balaban J connectivity index is 1.59. The average molecular weight is 488 g/mol. The van der Waals surface area contributed by atoms with Crippen molar-refractivity contribution < 1.29 is 28.2 Å². The van der Waals surface area contributed by atoms with Crippen molar-refractivity contribution in [2.75, 3.05) is 34.0 Å². The first-order valence-electron chi connectivity index (χ1n) is 11.2. The Kier molecular flexibility index (Phi) is 9.42. The van der Waals surface area contributed by atoms with Crippen LogP contribution in [0.2, 0.25) is 0 Å². The third-order valence-electron chi connectivity index (χ3n) is 5.60. The Morgan fingerprint density at radius 2 is 1.94 bits per heavy atom. The Labute approximate surface area is 203 Å². The zero-order valence-electron chi connectivity index (χ0n) is 19.7. The number of thiophene rings is 1. The number of ketones is 1. The minimum atomic E-state index is -0.243. The number of amides is 1. The van der Waals surface area contributed by atoms with Crippen molar-refractivity contribution in [3.63, 3.8) is 0 Å². The number of rotatable bonds is 13. The molecular formula is C26H30FNO5S. The van der Waals surface area contributed by atoms with Gasteiger partial charge in [-0.2, -0.15) is 0 Å². The molecule has 0 saturated heterocycles. The van der Waals surface area contributed by atoms with Crippen LogP contribution in [0, 0.1) is 5.82 Å². The molecule has 2 aromatic carbocycles. The molecular weight excluding hydrogens is 457 g/mol. The first-order valence-corrected chi connectivity index (χ1v) is 12.1. The van der Waals surface area contributed by atoms with Crippen LogP contribution >= 0.6 is 11.3 Å². The lowest BCUT2D eigenvalue weighted by molar-refractivity contribution is -0.121. The number of carbonyl (C=O) groups excluding carboxylic acids is 2. The third kappa shape index (κ3) is 6.33. The van der Waals surface area contributed by atoms with Gasteiger partial charge in [0.15, 0.2) is 17.3 Å². The van der Waals surface area contributed by atoms with Gasteiger partial charge in [-0.25, -0.2) is 4.39 Å². The molecule has 8 heteroatoms. The molecule has 0 aliphatic heterocycles. The summed E-state index contributed by atoms with van der Waals surface area (Å²) in [6, 6.07) is 10.1. The van der Waals surface area contributed by atoms with Crippen LogP contribution in [0.3, 0.4) is 0 Å². The maximum absolute atomic E-state index is 14.1. The van der Waals surface area contributed by atoms with Gasteiger partial charge in [0.1, 0.15) is 5.82 Å². The fourth-order valence-electron chi connectivity index (χ4n) is 3.80. The molecule has 1 aromatic heterocycles. The number of ether oxygens (including phenoxy) is 3. The fraction of sp³-hybridized carbons (Fsp3) is 0.385. The van der Waals surface area contributed by atoms with Gasteiger partial charge >= 0.3 is 0 Å². The first kappa shape index (κ1) is 25.6. The zero-order chi connectivity index (χ0) is 24.5. The lowest BCUT2D eigenvalue weighted by atomic mass is 9.95. The molecule has 0 fully saturated rings. The van der Waals surface area contributed by atoms with Crippen molar-refractivity contribution in [2.24, 2.45) is 0 Å². The molecule has 1 amide bonds. The smallest absolute Gasteiger partial charge is 0.220 e. The molecule has 1 atom stereocenters. The number of nitrogens with one attached hydrogen (secondary N) is 1. The minimum absolute atomic E-state index is 0.0227. The topological polar surface area (TPSA) is 73.9 Å². The van der Waals surface area contributed by atoms with Crippen LogP contribution in [0.25, 0.3) is 10.1 Å². The highest BCUT2D eigenvalue weighted by Gasteiger charge is 2.19. The second-order valence-corrected chi connectivity index (χ2v) is 8.69. The highest BCUT2D eigenvalue weighted by atomic mass is 32.1. The quantitative estimate of drug-likeness (QED) is 0.329. The van der Waals surface area contributed by atoms with E-state index in [0.29, 0.717) is 47.9 Å². The number of benzene rings is 2. The van der Waals surface area contributed by atoms with Gasteiger partial charge in [-0.05, 0) is 53.9 Å². The predicted octanol–water partition coefficient (Wildman–Crippen LogP) is 5.35. The van der Waals surface area contributed by atoms with Crippen molar-refractivity contribution >= 4 is 33.1 Å². The molecule has 0 bridgehead atoms. The van der Waals surface area contributed by atoms with E-state index in [1.807, 2.05) is 18.4 Å². The number of fused-ring (bicyclic) bond motifs is 1. The third-order valence-corrected chi connectivity index (χ3v) is 6.62. The number of methoxy groups -OCH3 is 2. The summed E-state index contributed by atoms with van der Waals surface area (Å²) in [5.41, 5.74) is 1.47. The number of Topliss-reactive ketones (excluding diaryl/α,β-unsaturated/α-hetero) is 1. The highest BCUT2D eigenvalue weighted by molar-refractivity contribution is 7.17. The normalized spacial score (nSPS) is 11.9. The summed E-state index contributed by atoms with van der Waals surface area (Å²) in [5, 5.41) is 5.74. The van der Waals surface area contributed by atoms with E-state index in [4.69, 9.17) is 14.2 Å². The van der Waals surface area contributed by atoms with Gasteiger partial charge < -0.3 is 19.5 Å². The first-order chi connectivity index (χ1) is 16.5. The Morgan fingerprint density at radius 1 is 1.12 bits per heavy atom. The largest absolute Gasteiger partial charge is 0.493 e. The van der Waals surface area contributed by atoms with E-state index in [-0.39, 0.29) is 36.3 Å². The van der Waals surface area contributed by atoms with Crippen LogP contribution in [-0.2, 0) is 9.53 Å². The van der Waals surface area contributed by atoms with Crippen LogP contribution in [0.15, 0.2) is 41.8 Å². The second-order valence-electron chi connectivity index (χ2n) is 7.81. The van der Waals surface area contributed by atoms with Gasteiger partial charge in [0.05, 0.1) is 18.4 Å². The summed E-state index contributed by atoms with van der Waals surface area (Å²) in [7, 11) is 3.15. The highest BCUT2D eigenvalue weighted by Crippen LogP contribution is 2.34. The van der Waals surface area contributed by atoms with Crippen LogP contribution in [-0.4, -0.2) is 45.7 Å². The molecule has 1 heterocycles. The van der Waals surface area contributed by atoms with E-state index in [2.05, 4.69) is 5.32 Å². The lowest BCUT2D eigenvalue weighted by Gasteiger charge is -2.17. The van der Waals surface area contributed by atoms with Crippen LogP contribution < -0.4 is 14.8 Å². The van der Waals surface area contributed by atoms with Gasteiger partial charge in [-0.15, -0.1) is 11.3 Å². The number of halogens is 1. The summed E-state index contributed by atoms with van der Waals surface area (Å²) in [6.45, 7) is 3.27. The van der Waals surface area contributed by atoms with Crippen LogP contribution in [0.1, 0.15) is 48.0 Å². The van der Waals surface area contributed by atoms with E-state index in [1.165, 1.54) is 24.5 Å². The van der Waals surface area contributed by atoms with Gasteiger partial charge in [-0.3, -0.25) is 9.59 Å². The van der Waals surface area contributed by atoms with Crippen LogP contribution in [0.4, 0.5) is 4.39 Å². The molecule has 1 unspecified atom stereocenters.